The fourth-order valence-electron chi connectivity index (χ4n) is 2.24. The number of amides is 1. The number of nitrogens with zero attached hydrogens (tertiary/aromatic N) is 2. The van der Waals surface area contributed by atoms with Gasteiger partial charge in [0.15, 0.2) is 0 Å². The van der Waals surface area contributed by atoms with Crippen LogP contribution in [0, 0.1) is 5.92 Å². The molecule has 2 rings (SSSR count). The number of hydrogen-bond acceptors (Lipinski definition) is 4. The van der Waals surface area contributed by atoms with E-state index < -0.39 is 0 Å². The van der Waals surface area contributed by atoms with Crippen LogP contribution in [0.1, 0.15) is 25.6 Å². The summed E-state index contributed by atoms with van der Waals surface area (Å²) in [7, 11) is 0. The molecule has 1 aromatic rings. The largest absolute Gasteiger partial charge is 0.369 e. The Labute approximate surface area is 105 Å². The maximum Gasteiger partial charge on any atom is 0.252 e. The zero-order valence-corrected chi connectivity index (χ0v) is 10.5. The van der Waals surface area contributed by atoms with Crippen molar-refractivity contribution in [3.05, 3.63) is 22.2 Å². The number of anilines is 1. The average Bonchev–Trinajstić information content (AvgIpc) is 2.38. The van der Waals surface area contributed by atoms with Crippen LogP contribution < -0.4 is 16.2 Å². The lowest BCUT2D eigenvalue weighted by atomic mass is 9.97. The van der Waals surface area contributed by atoms with Crippen molar-refractivity contribution in [1.29, 1.82) is 0 Å². The molecule has 1 saturated heterocycles. The third kappa shape index (κ3) is 2.69. The summed E-state index contributed by atoms with van der Waals surface area (Å²) in [6.45, 7) is 3.29. The van der Waals surface area contributed by atoms with Crippen LogP contribution in [-0.2, 0) is 11.2 Å². The topological polar surface area (TPSA) is 92.1 Å². The Kier molecular flexibility index (Phi) is 3.64. The van der Waals surface area contributed by atoms with Gasteiger partial charge in [0.05, 0.1) is 5.92 Å². The number of hydrogen-bond donors (Lipinski definition) is 2. The number of aromatic nitrogens is 2. The van der Waals surface area contributed by atoms with Gasteiger partial charge in [0, 0.05) is 25.6 Å². The van der Waals surface area contributed by atoms with Gasteiger partial charge in [0.1, 0.15) is 11.6 Å². The molecule has 0 spiro atoms. The van der Waals surface area contributed by atoms with E-state index in [-0.39, 0.29) is 17.4 Å². The molecule has 0 aliphatic carbocycles. The molecule has 0 aromatic carbocycles. The van der Waals surface area contributed by atoms with E-state index in [2.05, 4.69) is 9.97 Å². The molecule has 1 aliphatic heterocycles. The smallest absolute Gasteiger partial charge is 0.252 e. The summed E-state index contributed by atoms with van der Waals surface area (Å²) in [6.07, 6.45) is 2.38. The number of nitrogens with two attached hydrogens (primary N) is 1. The molecule has 6 heteroatoms. The minimum Gasteiger partial charge on any atom is -0.369 e. The van der Waals surface area contributed by atoms with E-state index in [4.69, 9.17) is 5.73 Å². The van der Waals surface area contributed by atoms with Crippen LogP contribution in [0.15, 0.2) is 10.9 Å². The Morgan fingerprint density at radius 1 is 1.67 bits per heavy atom. The normalized spacial score (nSPS) is 19.8. The van der Waals surface area contributed by atoms with Gasteiger partial charge in [-0.05, 0) is 12.8 Å². The first-order chi connectivity index (χ1) is 8.60. The first-order valence-electron chi connectivity index (χ1n) is 6.24. The van der Waals surface area contributed by atoms with E-state index in [1.807, 2.05) is 11.8 Å². The van der Waals surface area contributed by atoms with E-state index in [9.17, 15) is 9.59 Å². The highest BCUT2D eigenvalue weighted by Crippen LogP contribution is 2.20. The lowest BCUT2D eigenvalue weighted by Gasteiger charge is -2.32. The number of aromatic amines is 1. The fraction of sp³-hybridized carbons (Fsp3) is 0.583. The van der Waals surface area contributed by atoms with Crippen LogP contribution in [-0.4, -0.2) is 29.0 Å². The monoisotopic (exact) mass is 250 g/mol. The molecule has 3 N–H and O–H groups in total. The number of nitrogens with one attached hydrogen (secondary N) is 1. The van der Waals surface area contributed by atoms with Gasteiger partial charge in [-0.2, -0.15) is 0 Å². The average molecular weight is 250 g/mol. The number of carbonyl (C=O) groups excluding carboxylic acids is 1. The van der Waals surface area contributed by atoms with E-state index in [0.29, 0.717) is 24.6 Å². The Balaban J connectivity index is 2.22. The predicted molar refractivity (Wildman–Crippen MR) is 68.4 cm³/mol. The summed E-state index contributed by atoms with van der Waals surface area (Å²) in [6, 6.07) is 1.47. The van der Waals surface area contributed by atoms with Gasteiger partial charge in [0.25, 0.3) is 5.56 Å². The second-order valence-corrected chi connectivity index (χ2v) is 4.59. The molecule has 1 aromatic heterocycles. The molecule has 1 aliphatic rings. The fourth-order valence-corrected chi connectivity index (χ4v) is 2.24. The second-order valence-electron chi connectivity index (χ2n) is 4.59. The summed E-state index contributed by atoms with van der Waals surface area (Å²) in [5.41, 5.74) is 5.18. The van der Waals surface area contributed by atoms with Gasteiger partial charge >= 0.3 is 0 Å². The Bertz CT molecular complexity index is 497. The van der Waals surface area contributed by atoms with Gasteiger partial charge < -0.3 is 15.6 Å². The SMILES string of the molecule is CCc1nc(N2CCCC(C(N)=O)C2)cc(=O)[nH]1. The van der Waals surface area contributed by atoms with E-state index in [1.54, 1.807) is 0 Å². The molecule has 1 atom stereocenters. The van der Waals surface area contributed by atoms with Crippen molar-refractivity contribution in [3.8, 4) is 0 Å². The summed E-state index contributed by atoms with van der Waals surface area (Å²) in [5, 5.41) is 0. The lowest BCUT2D eigenvalue weighted by molar-refractivity contribution is -0.122. The van der Waals surface area contributed by atoms with Crippen molar-refractivity contribution in [2.45, 2.75) is 26.2 Å². The van der Waals surface area contributed by atoms with E-state index in [0.717, 1.165) is 19.4 Å². The van der Waals surface area contributed by atoms with Gasteiger partial charge in [0.2, 0.25) is 5.91 Å². The quantitative estimate of drug-likeness (QED) is 0.792. The molecule has 6 nitrogen and oxygen atoms in total. The zero-order chi connectivity index (χ0) is 13.1. The van der Waals surface area contributed by atoms with Crippen molar-refractivity contribution in [1.82, 2.24) is 9.97 Å². The number of carbonyl (C=O) groups is 1. The number of piperidine rings is 1. The van der Waals surface area contributed by atoms with E-state index >= 15 is 0 Å². The van der Waals surface area contributed by atoms with Crippen LogP contribution in [0.5, 0.6) is 0 Å². The number of primary amides is 1. The maximum atomic E-state index is 11.5. The summed E-state index contributed by atoms with van der Waals surface area (Å²) >= 11 is 0. The van der Waals surface area contributed by atoms with Crippen molar-refractivity contribution >= 4 is 11.7 Å². The maximum absolute atomic E-state index is 11.5. The van der Waals surface area contributed by atoms with Crippen molar-refractivity contribution in [3.63, 3.8) is 0 Å². The standard InChI is InChI=1S/C12H18N4O2/c1-2-9-14-10(6-11(17)15-9)16-5-3-4-8(7-16)12(13)18/h6,8H,2-5,7H2,1H3,(H2,13,18)(H,14,15,17). The molecular formula is C12H18N4O2. The van der Waals surface area contributed by atoms with Gasteiger partial charge in [-0.1, -0.05) is 6.92 Å². The molecule has 1 amide bonds. The summed E-state index contributed by atoms with van der Waals surface area (Å²) in [5.74, 6) is 0.880. The first-order valence-corrected chi connectivity index (χ1v) is 6.24. The molecule has 2 heterocycles. The predicted octanol–water partition coefficient (Wildman–Crippen LogP) is 0.0340. The lowest BCUT2D eigenvalue weighted by Crippen LogP contribution is -2.42. The number of H-pyrrole nitrogens is 1. The third-order valence-electron chi connectivity index (χ3n) is 3.26. The summed E-state index contributed by atoms with van der Waals surface area (Å²) in [4.78, 5) is 31.8. The minimum atomic E-state index is -0.278. The second kappa shape index (κ2) is 5.20. The molecule has 0 bridgehead atoms. The van der Waals surface area contributed by atoms with Gasteiger partial charge in [-0.15, -0.1) is 0 Å². The zero-order valence-electron chi connectivity index (χ0n) is 10.5. The van der Waals surface area contributed by atoms with Crippen LogP contribution in [0.3, 0.4) is 0 Å². The minimum absolute atomic E-state index is 0.148. The summed E-state index contributed by atoms with van der Waals surface area (Å²) < 4.78 is 0. The molecule has 18 heavy (non-hydrogen) atoms. The van der Waals surface area contributed by atoms with E-state index in [1.165, 1.54) is 6.07 Å². The molecule has 0 radical (unpaired) electrons. The molecule has 1 fully saturated rings. The molecule has 98 valence electrons. The van der Waals surface area contributed by atoms with Crippen LogP contribution in [0.2, 0.25) is 0 Å². The Hall–Kier alpha value is -1.85. The molecule has 1 unspecified atom stereocenters. The number of rotatable bonds is 3. The first kappa shape index (κ1) is 12.6. The van der Waals surface area contributed by atoms with Gasteiger partial charge in [-0.3, -0.25) is 9.59 Å². The Morgan fingerprint density at radius 3 is 3.11 bits per heavy atom. The van der Waals surface area contributed by atoms with Gasteiger partial charge in [-0.25, -0.2) is 4.98 Å². The Morgan fingerprint density at radius 2 is 2.44 bits per heavy atom. The van der Waals surface area contributed by atoms with Crippen molar-refractivity contribution in [2.24, 2.45) is 11.7 Å². The molecule has 0 saturated carbocycles. The van der Waals surface area contributed by atoms with Crippen molar-refractivity contribution < 1.29 is 4.79 Å². The van der Waals surface area contributed by atoms with Crippen LogP contribution >= 0.6 is 0 Å². The molecular weight excluding hydrogens is 232 g/mol. The highest BCUT2D eigenvalue weighted by Gasteiger charge is 2.25. The number of aryl methyl sites for hydroxylation is 1. The highest BCUT2D eigenvalue weighted by atomic mass is 16.1. The third-order valence-corrected chi connectivity index (χ3v) is 3.26. The van der Waals surface area contributed by atoms with Crippen molar-refractivity contribution in [2.75, 3.05) is 18.0 Å². The van der Waals surface area contributed by atoms with Crippen LogP contribution in [0.4, 0.5) is 5.82 Å². The van der Waals surface area contributed by atoms with Crippen LogP contribution in [0.25, 0.3) is 0 Å². The highest BCUT2D eigenvalue weighted by molar-refractivity contribution is 5.77.